The van der Waals surface area contributed by atoms with Gasteiger partial charge in [0, 0.05) is 11.6 Å². The molecule has 2 rings (SSSR count). The van der Waals surface area contributed by atoms with Gasteiger partial charge in [0.15, 0.2) is 0 Å². The summed E-state index contributed by atoms with van der Waals surface area (Å²) in [5.74, 6) is -0.354. The summed E-state index contributed by atoms with van der Waals surface area (Å²) in [5, 5.41) is 0. The maximum absolute atomic E-state index is 11.6. The quantitative estimate of drug-likeness (QED) is 0.675. The molecule has 0 bridgehead atoms. The summed E-state index contributed by atoms with van der Waals surface area (Å²) < 4.78 is 5.53. The molecule has 0 atom stereocenters. The summed E-state index contributed by atoms with van der Waals surface area (Å²) in [7, 11) is 0. The molecule has 0 aliphatic rings. The molecular formula is C10H7NO3. The third-order valence-corrected chi connectivity index (χ3v) is 1.76. The van der Waals surface area contributed by atoms with Gasteiger partial charge in [-0.1, -0.05) is 18.2 Å². The third-order valence-electron chi connectivity index (χ3n) is 1.76. The molecular weight excluding hydrogens is 182 g/mol. The molecule has 2 aromatic rings. The number of aromatic nitrogens is 1. The van der Waals surface area contributed by atoms with Crippen molar-refractivity contribution in [2.45, 2.75) is 0 Å². The van der Waals surface area contributed by atoms with Crippen LogP contribution in [-0.2, 0) is 0 Å². The third kappa shape index (κ3) is 1.50. The van der Waals surface area contributed by atoms with E-state index in [0.717, 1.165) is 4.74 Å². The van der Waals surface area contributed by atoms with E-state index < -0.39 is 5.63 Å². The number of benzene rings is 1. The second kappa shape index (κ2) is 3.33. The standard InChI is InChI=1S/C10H7NO3/c12-9-6-7-11(14-9)10(13)8-4-2-1-3-5-8/h1-7H. The highest BCUT2D eigenvalue weighted by Gasteiger charge is 2.08. The van der Waals surface area contributed by atoms with Gasteiger partial charge in [-0.05, 0) is 12.1 Å². The first-order valence-electron chi connectivity index (χ1n) is 4.06. The van der Waals surface area contributed by atoms with E-state index >= 15 is 0 Å². The zero-order valence-corrected chi connectivity index (χ0v) is 7.21. The highest BCUT2D eigenvalue weighted by Crippen LogP contribution is 2.01. The zero-order chi connectivity index (χ0) is 9.97. The van der Waals surface area contributed by atoms with Crippen molar-refractivity contribution in [1.82, 2.24) is 4.74 Å². The van der Waals surface area contributed by atoms with Crippen molar-refractivity contribution in [2.24, 2.45) is 0 Å². The first-order chi connectivity index (χ1) is 6.77. The van der Waals surface area contributed by atoms with Crippen LogP contribution in [0, 0.1) is 0 Å². The van der Waals surface area contributed by atoms with Crippen LogP contribution in [0.25, 0.3) is 0 Å². The molecule has 1 aromatic heterocycles. The lowest BCUT2D eigenvalue weighted by Crippen LogP contribution is -2.10. The van der Waals surface area contributed by atoms with Gasteiger partial charge in [0.1, 0.15) is 0 Å². The number of rotatable bonds is 1. The molecule has 0 spiro atoms. The largest absolute Gasteiger partial charge is 0.358 e. The zero-order valence-electron chi connectivity index (χ0n) is 7.21. The van der Waals surface area contributed by atoms with Gasteiger partial charge in [-0.2, -0.15) is 0 Å². The molecule has 0 saturated heterocycles. The van der Waals surface area contributed by atoms with E-state index in [9.17, 15) is 9.59 Å². The van der Waals surface area contributed by atoms with Crippen LogP contribution in [0.1, 0.15) is 10.4 Å². The molecule has 4 nitrogen and oxygen atoms in total. The normalized spacial score (nSPS) is 10.0. The number of carbonyl (C=O) groups excluding carboxylic acids is 1. The van der Waals surface area contributed by atoms with Gasteiger partial charge < -0.3 is 4.52 Å². The Bertz CT molecular complexity index is 495. The van der Waals surface area contributed by atoms with E-state index in [-0.39, 0.29) is 5.91 Å². The van der Waals surface area contributed by atoms with Crippen molar-refractivity contribution in [3.8, 4) is 0 Å². The minimum Gasteiger partial charge on any atom is -0.329 e. The highest BCUT2D eigenvalue weighted by molar-refractivity contribution is 5.94. The maximum atomic E-state index is 11.6. The predicted molar refractivity (Wildman–Crippen MR) is 49.1 cm³/mol. The average molecular weight is 189 g/mol. The molecule has 0 unspecified atom stereocenters. The van der Waals surface area contributed by atoms with Gasteiger partial charge in [-0.25, -0.2) is 4.79 Å². The van der Waals surface area contributed by atoms with Gasteiger partial charge in [0.2, 0.25) is 0 Å². The summed E-state index contributed by atoms with van der Waals surface area (Å²) >= 11 is 0. The smallest absolute Gasteiger partial charge is 0.329 e. The van der Waals surface area contributed by atoms with Gasteiger partial charge in [-0.15, -0.1) is 4.74 Å². The molecule has 4 heteroatoms. The topological polar surface area (TPSA) is 52.2 Å². The fraction of sp³-hybridized carbons (Fsp3) is 0. The Balaban J connectivity index is 2.38. The Kier molecular flexibility index (Phi) is 2.02. The summed E-state index contributed by atoms with van der Waals surface area (Å²) in [6.07, 6.45) is 1.30. The van der Waals surface area contributed by atoms with Crippen molar-refractivity contribution in [1.29, 1.82) is 0 Å². The van der Waals surface area contributed by atoms with E-state index in [1.165, 1.54) is 12.3 Å². The molecule has 14 heavy (non-hydrogen) atoms. The van der Waals surface area contributed by atoms with Gasteiger partial charge in [-0.3, -0.25) is 4.79 Å². The van der Waals surface area contributed by atoms with Crippen LogP contribution in [0.5, 0.6) is 0 Å². The summed E-state index contributed by atoms with van der Waals surface area (Å²) in [5.41, 5.74) is -0.0545. The molecule has 1 aromatic carbocycles. The Morgan fingerprint density at radius 2 is 1.86 bits per heavy atom. The Morgan fingerprint density at radius 3 is 2.43 bits per heavy atom. The van der Waals surface area contributed by atoms with Gasteiger partial charge >= 0.3 is 5.63 Å². The van der Waals surface area contributed by atoms with Crippen LogP contribution < -0.4 is 5.63 Å². The SMILES string of the molecule is O=C(c1ccccc1)n1ccc(=O)o1. The van der Waals surface area contributed by atoms with Gasteiger partial charge in [0.25, 0.3) is 5.91 Å². The summed E-state index contributed by atoms with van der Waals surface area (Å²) in [6.45, 7) is 0. The van der Waals surface area contributed by atoms with Crippen LogP contribution in [-0.4, -0.2) is 10.6 Å². The summed E-state index contributed by atoms with van der Waals surface area (Å²) in [6, 6.07) is 9.80. The van der Waals surface area contributed by atoms with Crippen LogP contribution >= 0.6 is 0 Å². The molecule has 0 saturated carbocycles. The lowest BCUT2D eigenvalue weighted by atomic mass is 10.2. The lowest BCUT2D eigenvalue weighted by molar-refractivity contribution is 0.0839. The van der Waals surface area contributed by atoms with Crippen molar-refractivity contribution in [2.75, 3.05) is 0 Å². The van der Waals surface area contributed by atoms with Crippen molar-refractivity contribution >= 4 is 5.91 Å². The second-order valence-electron chi connectivity index (χ2n) is 2.72. The Hall–Kier alpha value is -2.10. The molecule has 0 radical (unpaired) electrons. The average Bonchev–Trinajstić information content (AvgIpc) is 2.65. The van der Waals surface area contributed by atoms with Crippen molar-refractivity contribution in [3.05, 3.63) is 58.6 Å². The van der Waals surface area contributed by atoms with E-state index in [1.807, 2.05) is 6.07 Å². The van der Waals surface area contributed by atoms with E-state index in [2.05, 4.69) is 4.52 Å². The van der Waals surface area contributed by atoms with E-state index in [4.69, 9.17) is 0 Å². The van der Waals surface area contributed by atoms with Crippen molar-refractivity contribution in [3.63, 3.8) is 0 Å². The molecule has 0 aliphatic carbocycles. The summed E-state index contributed by atoms with van der Waals surface area (Å²) in [4.78, 5) is 22.3. The molecule has 0 N–H and O–H groups in total. The number of hydrogen-bond donors (Lipinski definition) is 0. The first-order valence-corrected chi connectivity index (χ1v) is 4.06. The lowest BCUT2D eigenvalue weighted by Gasteiger charge is -1.97. The minimum atomic E-state index is -0.533. The monoisotopic (exact) mass is 189 g/mol. The predicted octanol–water partition coefficient (Wildman–Crippen LogP) is 1.13. The molecule has 1 heterocycles. The fourth-order valence-corrected chi connectivity index (χ4v) is 1.10. The van der Waals surface area contributed by atoms with Crippen LogP contribution in [0.2, 0.25) is 0 Å². The Morgan fingerprint density at radius 1 is 1.14 bits per heavy atom. The molecule has 0 aliphatic heterocycles. The van der Waals surface area contributed by atoms with Crippen LogP contribution in [0.3, 0.4) is 0 Å². The maximum Gasteiger partial charge on any atom is 0.358 e. The highest BCUT2D eigenvalue weighted by atomic mass is 16.5. The van der Waals surface area contributed by atoms with Crippen LogP contribution in [0.15, 0.2) is 51.9 Å². The molecule has 0 fully saturated rings. The van der Waals surface area contributed by atoms with E-state index in [1.54, 1.807) is 24.3 Å². The van der Waals surface area contributed by atoms with Crippen molar-refractivity contribution < 1.29 is 9.32 Å². The number of nitrogens with zero attached hydrogens (tertiary/aromatic N) is 1. The number of carbonyl (C=O) groups is 1. The Labute approximate surface area is 79.4 Å². The van der Waals surface area contributed by atoms with Gasteiger partial charge in [0.05, 0.1) is 6.20 Å². The first kappa shape index (κ1) is 8.50. The van der Waals surface area contributed by atoms with Crippen LogP contribution in [0.4, 0.5) is 0 Å². The second-order valence-corrected chi connectivity index (χ2v) is 2.72. The van der Waals surface area contributed by atoms with E-state index in [0.29, 0.717) is 5.56 Å². The fourth-order valence-electron chi connectivity index (χ4n) is 1.10. The number of hydrogen-bond acceptors (Lipinski definition) is 3. The molecule has 70 valence electrons. The minimum absolute atomic E-state index is 0.354. The molecule has 0 amide bonds.